The van der Waals surface area contributed by atoms with E-state index in [0.29, 0.717) is 13.2 Å². The minimum atomic E-state index is 0.0970. The van der Waals surface area contributed by atoms with Crippen molar-refractivity contribution >= 4 is 5.95 Å². The molecule has 2 unspecified atom stereocenters. The molecule has 2 aromatic carbocycles. The van der Waals surface area contributed by atoms with Crippen LogP contribution in [0.5, 0.6) is 11.5 Å². The molecule has 0 aliphatic carbocycles. The molecule has 0 spiro atoms. The van der Waals surface area contributed by atoms with Gasteiger partial charge in [0.2, 0.25) is 5.95 Å². The Balaban J connectivity index is 1.54. The first-order chi connectivity index (χ1) is 12.4. The highest BCUT2D eigenvalue weighted by atomic mass is 16.6. The van der Waals surface area contributed by atoms with Crippen LogP contribution in [0.3, 0.4) is 0 Å². The Labute approximate surface area is 145 Å². The largest absolute Gasteiger partial charge is 0.486 e. The summed E-state index contributed by atoms with van der Waals surface area (Å²) in [5.41, 5.74) is 2.40. The van der Waals surface area contributed by atoms with E-state index in [2.05, 4.69) is 51.8 Å². The van der Waals surface area contributed by atoms with Crippen molar-refractivity contribution in [3.05, 3.63) is 66.0 Å². The Morgan fingerprint density at radius 3 is 2.68 bits per heavy atom. The fourth-order valence-corrected chi connectivity index (χ4v) is 3.57. The summed E-state index contributed by atoms with van der Waals surface area (Å²) in [6.07, 6.45) is 2.49. The molecule has 6 heteroatoms. The topological polar surface area (TPSA) is 61.2 Å². The number of anilines is 1. The fraction of sp³-hybridized carbons (Fsp3) is 0.263. The molecule has 2 atom stereocenters. The molecule has 3 heterocycles. The van der Waals surface area contributed by atoms with E-state index in [4.69, 9.17) is 9.47 Å². The molecule has 1 N–H and O–H groups in total. The van der Waals surface area contributed by atoms with Gasteiger partial charge < -0.3 is 14.8 Å². The summed E-state index contributed by atoms with van der Waals surface area (Å²) < 4.78 is 13.3. The highest BCUT2D eigenvalue weighted by molar-refractivity contribution is 5.46. The predicted molar refractivity (Wildman–Crippen MR) is 93.0 cm³/mol. The zero-order valence-corrected chi connectivity index (χ0v) is 13.6. The average Bonchev–Trinajstić information content (AvgIpc) is 3.16. The van der Waals surface area contributed by atoms with Gasteiger partial charge in [-0.25, -0.2) is 4.68 Å². The molecule has 0 saturated heterocycles. The predicted octanol–water partition coefficient (Wildman–Crippen LogP) is 3.20. The molecule has 2 aliphatic rings. The van der Waals surface area contributed by atoms with Gasteiger partial charge >= 0.3 is 0 Å². The minimum absolute atomic E-state index is 0.0970. The second kappa shape index (κ2) is 5.81. The molecule has 0 bridgehead atoms. The Hall–Kier alpha value is -3.02. The molecule has 126 valence electrons. The normalized spacial score (nSPS) is 21.3. The number of hydrogen-bond acceptors (Lipinski definition) is 5. The van der Waals surface area contributed by atoms with Crippen molar-refractivity contribution in [1.29, 1.82) is 0 Å². The lowest BCUT2D eigenvalue weighted by Crippen LogP contribution is -2.28. The molecule has 0 fully saturated rings. The fourth-order valence-electron chi connectivity index (χ4n) is 3.57. The van der Waals surface area contributed by atoms with Crippen molar-refractivity contribution in [3.63, 3.8) is 0 Å². The molecular formula is C19H18N4O2. The number of benzene rings is 2. The van der Waals surface area contributed by atoms with Gasteiger partial charge in [0.05, 0.1) is 12.1 Å². The number of hydrogen-bond donors (Lipinski definition) is 1. The van der Waals surface area contributed by atoms with E-state index >= 15 is 0 Å². The lowest BCUT2D eigenvalue weighted by Gasteiger charge is -2.32. The second-order valence-corrected chi connectivity index (χ2v) is 6.29. The molecule has 5 rings (SSSR count). The van der Waals surface area contributed by atoms with Crippen LogP contribution in [0.1, 0.15) is 29.6 Å². The SMILES string of the molecule is c1ccc(C2CC(c3ccc4c(c3)OCCO4)n3ncnc3N2)cc1. The summed E-state index contributed by atoms with van der Waals surface area (Å²) in [6.45, 7) is 1.19. The third kappa shape index (κ3) is 2.50. The van der Waals surface area contributed by atoms with E-state index in [1.54, 1.807) is 6.33 Å². The van der Waals surface area contributed by atoms with Crippen LogP contribution in [0, 0.1) is 0 Å². The first kappa shape index (κ1) is 14.3. The van der Waals surface area contributed by atoms with Crippen LogP contribution < -0.4 is 14.8 Å². The summed E-state index contributed by atoms with van der Waals surface area (Å²) >= 11 is 0. The van der Waals surface area contributed by atoms with Crippen molar-refractivity contribution < 1.29 is 9.47 Å². The van der Waals surface area contributed by atoms with E-state index in [9.17, 15) is 0 Å². The monoisotopic (exact) mass is 334 g/mol. The molecule has 6 nitrogen and oxygen atoms in total. The maximum Gasteiger partial charge on any atom is 0.222 e. The molecule has 0 saturated carbocycles. The lowest BCUT2D eigenvalue weighted by atomic mass is 9.93. The van der Waals surface area contributed by atoms with Crippen LogP contribution in [0.4, 0.5) is 5.95 Å². The van der Waals surface area contributed by atoms with Gasteiger partial charge in [0.15, 0.2) is 11.5 Å². The Bertz CT molecular complexity index is 893. The first-order valence-corrected chi connectivity index (χ1v) is 8.49. The third-order valence-corrected chi connectivity index (χ3v) is 4.78. The maximum atomic E-state index is 5.75. The van der Waals surface area contributed by atoms with Crippen LogP contribution in [-0.4, -0.2) is 28.0 Å². The third-order valence-electron chi connectivity index (χ3n) is 4.78. The quantitative estimate of drug-likeness (QED) is 0.780. The van der Waals surface area contributed by atoms with Crippen molar-refractivity contribution in [2.45, 2.75) is 18.5 Å². The Morgan fingerprint density at radius 1 is 0.960 bits per heavy atom. The van der Waals surface area contributed by atoms with Crippen molar-refractivity contribution in [2.75, 3.05) is 18.5 Å². The Kier molecular flexibility index (Phi) is 3.33. The molecule has 0 radical (unpaired) electrons. The molecule has 1 aromatic heterocycles. The van der Waals surface area contributed by atoms with Gasteiger partial charge in [0, 0.05) is 0 Å². The summed E-state index contributed by atoms with van der Waals surface area (Å²) in [4.78, 5) is 4.38. The van der Waals surface area contributed by atoms with Gasteiger partial charge in [-0.05, 0) is 29.7 Å². The van der Waals surface area contributed by atoms with Crippen molar-refractivity contribution in [3.8, 4) is 11.5 Å². The van der Waals surface area contributed by atoms with Crippen LogP contribution in [0.25, 0.3) is 0 Å². The van der Waals surface area contributed by atoms with Crippen LogP contribution >= 0.6 is 0 Å². The van der Waals surface area contributed by atoms with E-state index < -0.39 is 0 Å². The minimum Gasteiger partial charge on any atom is -0.486 e. The van der Waals surface area contributed by atoms with Crippen LogP contribution in [0.15, 0.2) is 54.9 Å². The van der Waals surface area contributed by atoms with Gasteiger partial charge in [0.1, 0.15) is 19.5 Å². The number of nitrogens with zero attached hydrogens (tertiary/aromatic N) is 3. The van der Waals surface area contributed by atoms with E-state index in [1.807, 2.05) is 16.8 Å². The van der Waals surface area contributed by atoms with E-state index in [1.165, 1.54) is 5.56 Å². The van der Waals surface area contributed by atoms with E-state index in [-0.39, 0.29) is 12.1 Å². The van der Waals surface area contributed by atoms with Gasteiger partial charge in [-0.1, -0.05) is 36.4 Å². The number of aromatic nitrogens is 3. The van der Waals surface area contributed by atoms with Crippen molar-refractivity contribution in [2.24, 2.45) is 0 Å². The summed E-state index contributed by atoms with van der Waals surface area (Å²) in [6, 6.07) is 16.9. The zero-order chi connectivity index (χ0) is 16.6. The number of ether oxygens (including phenoxy) is 2. The van der Waals surface area contributed by atoms with E-state index in [0.717, 1.165) is 29.4 Å². The van der Waals surface area contributed by atoms with Gasteiger partial charge in [-0.15, -0.1) is 0 Å². The van der Waals surface area contributed by atoms with Gasteiger partial charge in [0.25, 0.3) is 0 Å². The summed E-state index contributed by atoms with van der Waals surface area (Å²) in [7, 11) is 0. The highest BCUT2D eigenvalue weighted by Crippen LogP contribution is 2.40. The summed E-state index contributed by atoms with van der Waals surface area (Å²) in [5.74, 6) is 2.41. The second-order valence-electron chi connectivity index (χ2n) is 6.29. The average molecular weight is 334 g/mol. The lowest BCUT2D eigenvalue weighted by molar-refractivity contribution is 0.171. The van der Waals surface area contributed by atoms with Crippen LogP contribution in [-0.2, 0) is 0 Å². The molecule has 3 aromatic rings. The molecule has 2 aliphatic heterocycles. The Morgan fingerprint density at radius 2 is 1.80 bits per heavy atom. The molecule has 25 heavy (non-hydrogen) atoms. The number of fused-ring (bicyclic) bond motifs is 2. The van der Waals surface area contributed by atoms with Crippen molar-refractivity contribution in [1.82, 2.24) is 14.8 Å². The zero-order valence-electron chi connectivity index (χ0n) is 13.6. The first-order valence-electron chi connectivity index (χ1n) is 8.49. The van der Waals surface area contributed by atoms with Gasteiger partial charge in [-0.2, -0.15) is 10.1 Å². The number of nitrogens with one attached hydrogen (secondary N) is 1. The summed E-state index contributed by atoms with van der Waals surface area (Å²) in [5, 5.41) is 7.91. The highest BCUT2D eigenvalue weighted by Gasteiger charge is 2.30. The number of rotatable bonds is 2. The standard InChI is InChI=1S/C19H18N4O2/c1-2-4-13(5-3-1)15-11-16(23-19(22-15)20-12-21-23)14-6-7-17-18(10-14)25-9-8-24-17/h1-7,10,12,15-16H,8-9,11H2,(H,20,21,22). The smallest absolute Gasteiger partial charge is 0.222 e. The maximum absolute atomic E-state index is 5.75. The van der Waals surface area contributed by atoms with Crippen LogP contribution in [0.2, 0.25) is 0 Å². The molecule has 0 amide bonds. The molecular weight excluding hydrogens is 316 g/mol. The van der Waals surface area contributed by atoms with Gasteiger partial charge in [-0.3, -0.25) is 0 Å².